The van der Waals surface area contributed by atoms with E-state index in [1.165, 1.54) is 10.8 Å². The molecule has 1 heterocycles. The van der Waals surface area contributed by atoms with Crippen molar-refractivity contribution in [2.45, 2.75) is 31.8 Å². The van der Waals surface area contributed by atoms with Gasteiger partial charge in [0.15, 0.2) is 5.78 Å². The first-order valence-electron chi connectivity index (χ1n) is 10.3. The molecule has 7 nitrogen and oxygen atoms in total. The van der Waals surface area contributed by atoms with E-state index in [-0.39, 0.29) is 12.4 Å². The molecule has 0 spiro atoms. The number of Topliss-reactive ketones (excluding diaryl/α,β-unsaturated/α-hetero) is 1. The van der Waals surface area contributed by atoms with Gasteiger partial charge in [0.2, 0.25) is 0 Å². The number of rotatable bonds is 8. The summed E-state index contributed by atoms with van der Waals surface area (Å²) in [5.41, 5.74) is 0.962. The molecule has 1 aliphatic carbocycles. The second kappa shape index (κ2) is 10.4. The predicted molar refractivity (Wildman–Crippen MR) is 127 cm³/mol. The van der Waals surface area contributed by atoms with Crippen LogP contribution in [0.5, 0.6) is 0 Å². The van der Waals surface area contributed by atoms with Crippen molar-refractivity contribution in [3.05, 3.63) is 102 Å². The SMILES string of the molecule is O=C1[C@H](COCc2ccccc2)[C@@H](OCc2ccccc2)C[C@@H]1n1cc(I)c(=O)[nH]c1=O. The lowest BCUT2D eigenvalue weighted by atomic mass is 10.1. The van der Waals surface area contributed by atoms with E-state index >= 15 is 0 Å². The molecule has 0 aliphatic heterocycles. The van der Waals surface area contributed by atoms with Crippen LogP contribution in [0.25, 0.3) is 0 Å². The molecule has 8 heteroatoms. The van der Waals surface area contributed by atoms with Gasteiger partial charge in [-0.25, -0.2) is 4.79 Å². The van der Waals surface area contributed by atoms with Gasteiger partial charge < -0.3 is 9.47 Å². The molecule has 1 aromatic heterocycles. The summed E-state index contributed by atoms with van der Waals surface area (Å²) in [6.07, 6.45) is 1.37. The molecule has 0 amide bonds. The average molecular weight is 546 g/mol. The molecule has 2 aromatic carbocycles. The zero-order chi connectivity index (χ0) is 22.5. The highest BCUT2D eigenvalue weighted by Crippen LogP contribution is 2.34. The van der Waals surface area contributed by atoms with E-state index < -0.39 is 29.3 Å². The van der Waals surface area contributed by atoms with Crippen LogP contribution < -0.4 is 11.2 Å². The second-order valence-electron chi connectivity index (χ2n) is 7.74. The number of aromatic nitrogens is 2. The van der Waals surface area contributed by atoms with Gasteiger partial charge in [0.05, 0.1) is 41.5 Å². The number of carbonyl (C=O) groups excluding carboxylic acids is 1. The normalized spacial score (nSPS) is 20.5. The Morgan fingerprint density at radius 2 is 1.56 bits per heavy atom. The summed E-state index contributed by atoms with van der Waals surface area (Å²) in [5.74, 6) is -0.634. The van der Waals surface area contributed by atoms with Gasteiger partial charge in [-0.2, -0.15) is 0 Å². The van der Waals surface area contributed by atoms with Crippen molar-refractivity contribution in [3.8, 4) is 0 Å². The van der Waals surface area contributed by atoms with E-state index in [1.54, 1.807) is 0 Å². The molecule has 3 atom stereocenters. The predicted octanol–water partition coefficient (Wildman–Crippen LogP) is 3.07. The van der Waals surface area contributed by atoms with Crippen molar-refractivity contribution in [1.29, 1.82) is 0 Å². The standard InChI is InChI=1S/C24H23IN2O5/c25-19-12-27(24(30)26-23(19)29)20-11-21(32-14-17-9-5-2-6-10-17)18(22(20)28)15-31-13-16-7-3-1-4-8-16/h1-10,12,18,20-21H,11,13-15H2,(H,26,29,30)/t18-,20+,21+/m1/s1. The van der Waals surface area contributed by atoms with Crippen LogP contribution in [0, 0.1) is 9.49 Å². The molecule has 0 bridgehead atoms. The molecule has 4 rings (SSSR count). The van der Waals surface area contributed by atoms with Gasteiger partial charge in [0.1, 0.15) is 0 Å². The van der Waals surface area contributed by atoms with E-state index in [0.717, 1.165) is 11.1 Å². The van der Waals surface area contributed by atoms with Gasteiger partial charge >= 0.3 is 5.69 Å². The topological polar surface area (TPSA) is 90.4 Å². The monoisotopic (exact) mass is 546 g/mol. The average Bonchev–Trinajstić information content (AvgIpc) is 3.11. The zero-order valence-electron chi connectivity index (χ0n) is 17.3. The zero-order valence-corrected chi connectivity index (χ0v) is 19.4. The number of halogens is 1. The van der Waals surface area contributed by atoms with Gasteiger partial charge in [-0.15, -0.1) is 0 Å². The summed E-state index contributed by atoms with van der Waals surface area (Å²) in [6.45, 7) is 0.939. The highest BCUT2D eigenvalue weighted by atomic mass is 127. The lowest BCUT2D eigenvalue weighted by Crippen LogP contribution is -2.35. The molecule has 1 fully saturated rings. The number of nitrogens with zero attached hydrogens (tertiary/aromatic N) is 1. The van der Waals surface area contributed by atoms with Crippen LogP contribution in [0.3, 0.4) is 0 Å². The minimum atomic E-state index is -0.709. The van der Waals surface area contributed by atoms with E-state index in [2.05, 4.69) is 4.98 Å². The summed E-state index contributed by atoms with van der Waals surface area (Å²) in [5, 5.41) is 0. The Balaban J connectivity index is 1.52. The van der Waals surface area contributed by atoms with Crippen molar-refractivity contribution in [2.24, 2.45) is 5.92 Å². The van der Waals surface area contributed by atoms with Gasteiger partial charge in [-0.1, -0.05) is 60.7 Å². The molecule has 32 heavy (non-hydrogen) atoms. The van der Waals surface area contributed by atoms with Crippen LogP contribution in [0.15, 0.2) is 76.4 Å². The number of H-pyrrole nitrogens is 1. The molecule has 0 saturated heterocycles. The van der Waals surface area contributed by atoms with Crippen LogP contribution >= 0.6 is 22.6 Å². The second-order valence-corrected chi connectivity index (χ2v) is 8.90. The Kier molecular flexibility index (Phi) is 7.33. The fourth-order valence-corrected chi connectivity index (χ4v) is 4.34. The molecule has 1 aliphatic rings. The summed E-state index contributed by atoms with van der Waals surface area (Å²) in [6, 6.07) is 18.8. The summed E-state index contributed by atoms with van der Waals surface area (Å²) in [4.78, 5) is 39.7. The molecule has 3 aromatic rings. The third-order valence-electron chi connectivity index (χ3n) is 5.57. The number of benzene rings is 2. The van der Waals surface area contributed by atoms with E-state index in [1.807, 2.05) is 83.3 Å². The van der Waals surface area contributed by atoms with Crippen molar-refractivity contribution in [2.75, 3.05) is 6.61 Å². The minimum absolute atomic E-state index is 0.124. The number of ether oxygens (including phenoxy) is 2. The lowest BCUT2D eigenvalue weighted by molar-refractivity contribution is -0.128. The Labute approximate surface area is 198 Å². The Morgan fingerprint density at radius 3 is 2.22 bits per heavy atom. The van der Waals surface area contributed by atoms with E-state index in [4.69, 9.17) is 9.47 Å². The fraction of sp³-hybridized carbons (Fsp3) is 0.292. The molecule has 1 saturated carbocycles. The maximum atomic E-state index is 13.3. The maximum Gasteiger partial charge on any atom is 0.329 e. The smallest absolute Gasteiger partial charge is 0.329 e. The van der Waals surface area contributed by atoms with Crippen molar-refractivity contribution >= 4 is 28.4 Å². The molecular weight excluding hydrogens is 523 g/mol. The number of ketones is 1. The van der Waals surface area contributed by atoms with E-state index in [9.17, 15) is 14.4 Å². The van der Waals surface area contributed by atoms with Crippen molar-refractivity contribution in [3.63, 3.8) is 0 Å². The van der Waals surface area contributed by atoms with E-state index in [0.29, 0.717) is 23.2 Å². The van der Waals surface area contributed by atoms with Crippen LogP contribution in [0.2, 0.25) is 0 Å². The van der Waals surface area contributed by atoms with Crippen molar-refractivity contribution < 1.29 is 14.3 Å². The number of hydrogen-bond donors (Lipinski definition) is 1. The molecule has 0 radical (unpaired) electrons. The first kappa shape index (κ1) is 22.6. The molecule has 166 valence electrons. The van der Waals surface area contributed by atoms with Crippen molar-refractivity contribution in [1.82, 2.24) is 9.55 Å². The highest BCUT2D eigenvalue weighted by Gasteiger charge is 2.44. The Morgan fingerprint density at radius 1 is 0.938 bits per heavy atom. The van der Waals surface area contributed by atoms with Gasteiger partial charge in [0.25, 0.3) is 5.56 Å². The molecular formula is C24H23IN2O5. The summed E-state index contributed by atoms with van der Waals surface area (Å²) >= 11 is 1.85. The van der Waals surface area contributed by atoms with Crippen LogP contribution in [-0.4, -0.2) is 28.0 Å². The largest absolute Gasteiger partial charge is 0.376 e. The number of aromatic amines is 1. The van der Waals surface area contributed by atoms with Gasteiger partial charge in [-0.05, 0) is 33.7 Å². The first-order chi connectivity index (χ1) is 15.5. The Bertz CT molecular complexity index is 1180. The number of nitrogens with one attached hydrogen (secondary N) is 1. The highest BCUT2D eigenvalue weighted by molar-refractivity contribution is 14.1. The minimum Gasteiger partial charge on any atom is -0.376 e. The summed E-state index contributed by atoms with van der Waals surface area (Å²) < 4.78 is 13.7. The van der Waals surface area contributed by atoms with Gasteiger partial charge in [-0.3, -0.25) is 19.1 Å². The number of carbonyl (C=O) groups is 1. The molecule has 1 N–H and O–H groups in total. The van der Waals surface area contributed by atoms with Gasteiger partial charge in [0, 0.05) is 12.6 Å². The maximum absolute atomic E-state index is 13.3. The Hall–Kier alpha value is -2.56. The quantitative estimate of drug-likeness (QED) is 0.439. The van der Waals surface area contributed by atoms with Crippen LogP contribution in [-0.2, 0) is 27.5 Å². The summed E-state index contributed by atoms with van der Waals surface area (Å²) in [7, 11) is 0. The van der Waals surface area contributed by atoms with Crippen LogP contribution in [0.4, 0.5) is 0 Å². The molecule has 0 unspecified atom stereocenters. The van der Waals surface area contributed by atoms with Crippen LogP contribution in [0.1, 0.15) is 23.6 Å². The lowest BCUT2D eigenvalue weighted by Gasteiger charge is -2.19. The third kappa shape index (κ3) is 5.25. The first-order valence-corrected chi connectivity index (χ1v) is 11.4. The number of hydrogen-bond acceptors (Lipinski definition) is 5. The fourth-order valence-electron chi connectivity index (χ4n) is 3.90. The third-order valence-corrected chi connectivity index (χ3v) is 6.34.